The monoisotopic (exact) mass is 255 g/mol. The van der Waals surface area contributed by atoms with E-state index in [0.29, 0.717) is 13.0 Å². The highest BCUT2D eigenvalue weighted by Crippen LogP contribution is 2.38. The van der Waals surface area contributed by atoms with Gasteiger partial charge in [-0.15, -0.1) is 0 Å². The van der Waals surface area contributed by atoms with Crippen LogP contribution >= 0.6 is 0 Å². The zero-order valence-electron chi connectivity index (χ0n) is 10.7. The number of fused-ring (bicyclic) bond motifs is 1. The van der Waals surface area contributed by atoms with Crippen molar-refractivity contribution in [3.63, 3.8) is 0 Å². The molecule has 0 saturated heterocycles. The first-order valence-corrected chi connectivity index (χ1v) is 6.48. The van der Waals surface area contributed by atoms with Crippen molar-refractivity contribution in [1.82, 2.24) is 0 Å². The van der Waals surface area contributed by atoms with Crippen LogP contribution in [0.2, 0.25) is 0 Å². The van der Waals surface area contributed by atoms with Crippen LogP contribution in [0.3, 0.4) is 0 Å². The molecule has 0 amide bonds. The number of hydrogen-bond acceptors (Lipinski definition) is 3. The highest BCUT2D eigenvalue weighted by Gasteiger charge is 2.34. The fourth-order valence-electron chi connectivity index (χ4n) is 2.51. The Morgan fingerprint density at radius 1 is 1.11 bits per heavy atom. The zero-order valence-corrected chi connectivity index (χ0v) is 10.7. The Labute approximate surface area is 112 Å². The molecule has 1 heterocycles. The molecule has 0 fully saturated rings. The number of aliphatic hydroxyl groups is 1. The van der Waals surface area contributed by atoms with Crippen molar-refractivity contribution in [2.75, 3.05) is 13.2 Å². The molecule has 0 spiro atoms. The van der Waals surface area contributed by atoms with Gasteiger partial charge in [0, 0.05) is 18.5 Å². The van der Waals surface area contributed by atoms with Gasteiger partial charge in [0.2, 0.25) is 0 Å². The average molecular weight is 255 g/mol. The lowest BCUT2D eigenvalue weighted by Crippen LogP contribution is -2.39. The van der Waals surface area contributed by atoms with Crippen LogP contribution in [0.15, 0.2) is 48.5 Å². The third kappa shape index (κ3) is 2.11. The quantitative estimate of drug-likeness (QED) is 0.865. The molecule has 98 valence electrons. The summed E-state index contributed by atoms with van der Waals surface area (Å²) < 4.78 is 5.60. The predicted molar refractivity (Wildman–Crippen MR) is 74.9 cm³/mol. The lowest BCUT2D eigenvalue weighted by molar-refractivity contribution is 0.00540. The van der Waals surface area contributed by atoms with Crippen molar-refractivity contribution in [2.24, 2.45) is 5.73 Å². The van der Waals surface area contributed by atoms with E-state index in [9.17, 15) is 5.11 Å². The van der Waals surface area contributed by atoms with Crippen LogP contribution in [-0.4, -0.2) is 18.3 Å². The first-order valence-electron chi connectivity index (χ1n) is 6.48. The summed E-state index contributed by atoms with van der Waals surface area (Å²) in [5.41, 5.74) is 7.74. The molecule has 3 N–H and O–H groups in total. The molecule has 2 aromatic rings. The largest absolute Gasteiger partial charge is 0.493 e. The van der Waals surface area contributed by atoms with E-state index < -0.39 is 5.60 Å². The van der Waals surface area contributed by atoms with Crippen LogP contribution in [0.5, 0.6) is 5.75 Å². The molecule has 1 aliphatic rings. The van der Waals surface area contributed by atoms with E-state index in [-0.39, 0.29) is 6.54 Å². The second-order valence-corrected chi connectivity index (χ2v) is 4.91. The third-order valence-electron chi connectivity index (χ3n) is 3.70. The molecular weight excluding hydrogens is 238 g/mol. The highest BCUT2D eigenvalue weighted by atomic mass is 16.5. The first-order chi connectivity index (χ1) is 9.23. The minimum atomic E-state index is -0.974. The Hall–Kier alpha value is -1.84. The van der Waals surface area contributed by atoms with Crippen molar-refractivity contribution in [3.05, 3.63) is 54.1 Å². The molecule has 19 heavy (non-hydrogen) atoms. The van der Waals surface area contributed by atoms with Gasteiger partial charge in [0.15, 0.2) is 0 Å². The molecular formula is C16H17NO2. The van der Waals surface area contributed by atoms with Crippen LogP contribution in [0, 0.1) is 0 Å². The Balaban J connectivity index is 2.10. The maximum absolute atomic E-state index is 10.6. The van der Waals surface area contributed by atoms with E-state index in [4.69, 9.17) is 10.5 Å². The van der Waals surface area contributed by atoms with Crippen LogP contribution < -0.4 is 10.5 Å². The molecule has 0 aliphatic carbocycles. The third-order valence-corrected chi connectivity index (χ3v) is 3.70. The predicted octanol–water partition coefficient (Wildman–Crippen LogP) is 2.28. The molecule has 3 nitrogen and oxygen atoms in total. The van der Waals surface area contributed by atoms with E-state index in [1.807, 2.05) is 48.5 Å². The van der Waals surface area contributed by atoms with E-state index in [1.165, 1.54) is 0 Å². The Morgan fingerprint density at radius 2 is 1.89 bits per heavy atom. The van der Waals surface area contributed by atoms with Crippen molar-refractivity contribution in [3.8, 4) is 16.9 Å². The maximum Gasteiger partial charge on any atom is 0.125 e. The summed E-state index contributed by atoms with van der Waals surface area (Å²) in [6, 6.07) is 16.0. The second-order valence-electron chi connectivity index (χ2n) is 4.91. The second kappa shape index (κ2) is 4.68. The molecule has 1 atom stereocenters. The van der Waals surface area contributed by atoms with Gasteiger partial charge in [-0.3, -0.25) is 0 Å². The summed E-state index contributed by atoms with van der Waals surface area (Å²) >= 11 is 0. The first kappa shape index (κ1) is 12.2. The van der Waals surface area contributed by atoms with E-state index >= 15 is 0 Å². The highest BCUT2D eigenvalue weighted by molar-refractivity contribution is 5.66. The van der Waals surface area contributed by atoms with Gasteiger partial charge >= 0.3 is 0 Å². The van der Waals surface area contributed by atoms with Gasteiger partial charge < -0.3 is 15.6 Å². The Bertz CT molecular complexity index is 583. The van der Waals surface area contributed by atoms with Crippen molar-refractivity contribution in [1.29, 1.82) is 0 Å². The number of benzene rings is 2. The molecule has 0 bridgehead atoms. The van der Waals surface area contributed by atoms with Crippen LogP contribution in [0.4, 0.5) is 0 Å². The van der Waals surface area contributed by atoms with Gasteiger partial charge in [-0.1, -0.05) is 36.4 Å². The molecule has 3 rings (SSSR count). The summed E-state index contributed by atoms with van der Waals surface area (Å²) in [4.78, 5) is 0. The number of nitrogens with two attached hydrogens (primary N) is 1. The van der Waals surface area contributed by atoms with Gasteiger partial charge in [0.05, 0.1) is 6.61 Å². The van der Waals surface area contributed by atoms with Gasteiger partial charge in [0.25, 0.3) is 0 Å². The van der Waals surface area contributed by atoms with E-state index in [2.05, 4.69) is 0 Å². The number of ether oxygens (including phenoxy) is 1. The molecule has 1 unspecified atom stereocenters. The fraction of sp³-hybridized carbons (Fsp3) is 0.250. The lowest BCUT2D eigenvalue weighted by atomic mass is 9.86. The van der Waals surface area contributed by atoms with Gasteiger partial charge in [0.1, 0.15) is 11.4 Å². The maximum atomic E-state index is 10.6. The SMILES string of the molecule is NCC1(O)CCOc2ccc(-c3ccccc3)cc21. The lowest BCUT2D eigenvalue weighted by Gasteiger charge is -2.33. The van der Waals surface area contributed by atoms with Crippen molar-refractivity contribution < 1.29 is 9.84 Å². The Morgan fingerprint density at radius 3 is 2.63 bits per heavy atom. The topological polar surface area (TPSA) is 55.5 Å². The average Bonchev–Trinajstić information content (AvgIpc) is 2.48. The number of hydrogen-bond donors (Lipinski definition) is 2. The normalized spacial score (nSPS) is 21.6. The van der Waals surface area contributed by atoms with E-state index in [1.54, 1.807) is 0 Å². The number of rotatable bonds is 2. The Kier molecular flexibility index (Phi) is 3.01. The van der Waals surface area contributed by atoms with Crippen molar-refractivity contribution in [2.45, 2.75) is 12.0 Å². The minimum Gasteiger partial charge on any atom is -0.493 e. The van der Waals surface area contributed by atoms with Gasteiger partial charge in [-0.2, -0.15) is 0 Å². The zero-order chi connectivity index (χ0) is 13.3. The van der Waals surface area contributed by atoms with Gasteiger partial charge in [-0.25, -0.2) is 0 Å². The summed E-state index contributed by atoms with van der Waals surface area (Å²) in [5.74, 6) is 0.735. The van der Waals surface area contributed by atoms with Gasteiger partial charge in [-0.05, 0) is 23.3 Å². The molecule has 0 aromatic heterocycles. The molecule has 0 radical (unpaired) electrons. The standard InChI is InChI=1S/C16H17NO2/c17-11-16(18)8-9-19-15-7-6-13(10-14(15)16)12-4-2-1-3-5-12/h1-7,10,18H,8-9,11,17H2. The van der Waals surface area contributed by atoms with Crippen LogP contribution in [-0.2, 0) is 5.60 Å². The fourth-order valence-corrected chi connectivity index (χ4v) is 2.51. The van der Waals surface area contributed by atoms with Crippen LogP contribution in [0.25, 0.3) is 11.1 Å². The molecule has 2 aromatic carbocycles. The summed E-state index contributed by atoms with van der Waals surface area (Å²) in [5, 5.41) is 10.6. The minimum absolute atomic E-state index is 0.210. The van der Waals surface area contributed by atoms with Crippen molar-refractivity contribution >= 4 is 0 Å². The summed E-state index contributed by atoms with van der Waals surface area (Å²) in [7, 11) is 0. The molecule has 0 saturated carbocycles. The molecule has 3 heteroatoms. The summed E-state index contributed by atoms with van der Waals surface area (Å²) in [6.45, 7) is 0.715. The summed E-state index contributed by atoms with van der Waals surface area (Å²) in [6.07, 6.45) is 0.536. The van der Waals surface area contributed by atoms with Crippen LogP contribution in [0.1, 0.15) is 12.0 Å². The molecule has 1 aliphatic heterocycles. The van der Waals surface area contributed by atoms with E-state index in [0.717, 1.165) is 22.4 Å². The smallest absolute Gasteiger partial charge is 0.125 e.